The molecule has 4 nitrogen and oxygen atoms in total. The molecule has 4 rings (SSSR count). The first-order valence-electron chi connectivity index (χ1n) is 10.2. The number of benzene rings is 3. The molecule has 5 heteroatoms. The summed E-state index contributed by atoms with van der Waals surface area (Å²) in [5, 5.41) is 1.82. The van der Waals surface area contributed by atoms with Crippen LogP contribution in [0.1, 0.15) is 48.9 Å². The van der Waals surface area contributed by atoms with Gasteiger partial charge in [-0.05, 0) is 83.8 Å². The Balaban J connectivity index is 1.62. The van der Waals surface area contributed by atoms with E-state index in [0.29, 0.717) is 6.42 Å². The van der Waals surface area contributed by atoms with Crippen LogP contribution in [-0.2, 0) is 22.9 Å². The minimum absolute atomic E-state index is 0.237. The third-order valence-corrected chi connectivity index (χ3v) is 7.28. The maximum absolute atomic E-state index is 13.1. The van der Waals surface area contributed by atoms with Crippen molar-refractivity contribution in [3.05, 3.63) is 71.3 Å². The van der Waals surface area contributed by atoms with Crippen molar-refractivity contribution in [3.8, 4) is 5.75 Å². The minimum atomic E-state index is -3.63. The van der Waals surface area contributed by atoms with E-state index in [1.807, 2.05) is 31.2 Å². The van der Waals surface area contributed by atoms with E-state index in [9.17, 15) is 8.42 Å². The van der Waals surface area contributed by atoms with Gasteiger partial charge in [0.05, 0.1) is 12.0 Å². The van der Waals surface area contributed by atoms with Crippen LogP contribution in [0.3, 0.4) is 0 Å². The molecular weight excluding hydrogens is 382 g/mol. The zero-order valence-electron chi connectivity index (χ0n) is 16.9. The van der Waals surface area contributed by atoms with Crippen LogP contribution >= 0.6 is 0 Å². The van der Waals surface area contributed by atoms with Crippen molar-refractivity contribution in [3.63, 3.8) is 0 Å². The highest BCUT2D eigenvalue weighted by Gasteiger charge is 2.22. The number of aryl methyl sites for hydroxylation is 2. The molecule has 0 fully saturated rings. The van der Waals surface area contributed by atoms with E-state index in [-0.39, 0.29) is 10.9 Å². The van der Waals surface area contributed by atoms with Gasteiger partial charge in [0.1, 0.15) is 5.75 Å². The molecule has 1 aliphatic carbocycles. The van der Waals surface area contributed by atoms with Gasteiger partial charge in [0.15, 0.2) is 0 Å². The predicted molar refractivity (Wildman–Crippen MR) is 117 cm³/mol. The lowest BCUT2D eigenvalue weighted by Crippen LogP contribution is -2.28. The van der Waals surface area contributed by atoms with Gasteiger partial charge >= 0.3 is 0 Å². The average Bonchev–Trinajstić information content (AvgIpc) is 2.76. The summed E-state index contributed by atoms with van der Waals surface area (Å²) >= 11 is 0. The lowest BCUT2D eigenvalue weighted by molar-refractivity contribution is 0.415. The van der Waals surface area contributed by atoms with Crippen LogP contribution < -0.4 is 9.46 Å². The maximum Gasteiger partial charge on any atom is 0.241 e. The molecule has 1 atom stereocenters. The molecule has 3 aromatic carbocycles. The van der Waals surface area contributed by atoms with E-state index >= 15 is 0 Å². The smallest absolute Gasteiger partial charge is 0.241 e. The predicted octanol–water partition coefficient (Wildman–Crippen LogP) is 5.16. The van der Waals surface area contributed by atoms with Crippen molar-refractivity contribution in [2.24, 2.45) is 0 Å². The lowest BCUT2D eigenvalue weighted by atomic mass is 9.89. The molecule has 0 amide bonds. The molecule has 0 radical (unpaired) electrons. The molecule has 0 heterocycles. The van der Waals surface area contributed by atoms with E-state index in [4.69, 9.17) is 4.74 Å². The zero-order chi connectivity index (χ0) is 20.4. The number of hydrogen-bond donors (Lipinski definition) is 1. The summed E-state index contributed by atoms with van der Waals surface area (Å²) < 4.78 is 34.4. The number of hydrogen-bond acceptors (Lipinski definition) is 3. The molecule has 29 heavy (non-hydrogen) atoms. The fourth-order valence-corrected chi connectivity index (χ4v) is 5.45. The summed E-state index contributed by atoms with van der Waals surface area (Å²) in [5.74, 6) is 0.754. The Morgan fingerprint density at radius 3 is 2.41 bits per heavy atom. The molecule has 1 unspecified atom stereocenters. The molecule has 0 spiro atoms. The van der Waals surface area contributed by atoms with Gasteiger partial charge in [0.25, 0.3) is 0 Å². The van der Waals surface area contributed by atoms with Gasteiger partial charge in [-0.2, -0.15) is 0 Å². The van der Waals surface area contributed by atoms with Gasteiger partial charge in [-0.3, -0.25) is 0 Å². The molecule has 0 bridgehead atoms. The van der Waals surface area contributed by atoms with Crippen molar-refractivity contribution in [2.75, 3.05) is 7.11 Å². The van der Waals surface area contributed by atoms with Gasteiger partial charge < -0.3 is 4.74 Å². The first-order valence-corrected chi connectivity index (χ1v) is 11.7. The molecule has 0 aromatic heterocycles. The van der Waals surface area contributed by atoms with Crippen molar-refractivity contribution in [2.45, 2.75) is 50.0 Å². The topological polar surface area (TPSA) is 55.4 Å². The van der Waals surface area contributed by atoms with Crippen LogP contribution in [0.15, 0.2) is 59.5 Å². The summed E-state index contributed by atoms with van der Waals surface area (Å²) in [7, 11) is -2.01. The summed E-state index contributed by atoms with van der Waals surface area (Å²) in [6, 6.07) is 17.0. The Kier molecular flexibility index (Phi) is 5.61. The number of ether oxygens (including phenoxy) is 1. The Bertz CT molecular complexity index is 1140. The quantitative estimate of drug-likeness (QED) is 0.612. The van der Waals surface area contributed by atoms with E-state index in [1.54, 1.807) is 19.2 Å². The Hall–Kier alpha value is -2.37. The van der Waals surface area contributed by atoms with Crippen molar-refractivity contribution in [1.82, 2.24) is 4.72 Å². The Morgan fingerprint density at radius 1 is 0.931 bits per heavy atom. The summed E-state index contributed by atoms with van der Waals surface area (Å²) in [6.07, 6.45) is 5.36. The van der Waals surface area contributed by atoms with Crippen LogP contribution in [0, 0.1) is 0 Å². The molecule has 152 valence electrons. The number of nitrogens with one attached hydrogen (secondary N) is 1. The third-order valence-electron chi connectivity index (χ3n) is 5.81. The first-order chi connectivity index (χ1) is 14.0. The lowest BCUT2D eigenvalue weighted by Gasteiger charge is -2.22. The SMILES string of the molecule is CCC(NS(=O)(=O)c1ccc2cc(OC)ccc2c1)c1ccc2c(c1)CCCC2. The van der Waals surface area contributed by atoms with Crippen molar-refractivity contribution >= 4 is 20.8 Å². The molecular formula is C24H27NO3S. The second-order valence-electron chi connectivity index (χ2n) is 7.69. The monoisotopic (exact) mass is 409 g/mol. The Labute approximate surface area is 173 Å². The summed E-state index contributed by atoms with van der Waals surface area (Å²) in [5.41, 5.74) is 3.82. The van der Waals surface area contributed by atoms with Gasteiger partial charge in [-0.15, -0.1) is 0 Å². The van der Waals surface area contributed by atoms with E-state index in [0.717, 1.165) is 34.9 Å². The number of rotatable bonds is 6. The van der Waals surface area contributed by atoms with E-state index in [1.165, 1.54) is 24.0 Å². The fraction of sp³-hybridized carbons (Fsp3) is 0.333. The Morgan fingerprint density at radius 2 is 1.66 bits per heavy atom. The number of fused-ring (bicyclic) bond motifs is 2. The van der Waals surface area contributed by atoms with Crippen LogP contribution in [0.4, 0.5) is 0 Å². The van der Waals surface area contributed by atoms with Crippen molar-refractivity contribution in [1.29, 1.82) is 0 Å². The van der Waals surface area contributed by atoms with Gasteiger partial charge in [-0.25, -0.2) is 13.1 Å². The van der Waals surface area contributed by atoms with Crippen LogP contribution in [0.5, 0.6) is 5.75 Å². The first kappa shape index (κ1) is 19.9. The molecule has 3 aromatic rings. The average molecular weight is 410 g/mol. The van der Waals surface area contributed by atoms with Crippen molar-refractivity contribution < 1.29 is 13.2 Å². The molecule has 0 saturated heterocycles. The van der Waals surface area contributed by atoms with Crippen LogP contribution in [0.25, 0.3) is 10.8 Å². The number of methoxy groups -OCH3 is 1. The van der Waals surface area contributed by atoms with Gasteiger partial charge in [-0.1, -0.05) is 37.3 Å². The number of sulfonamides is 1. The van der Waals surface area contributed by atoms with Crippen LogP contribution in [-0.4, -0.2) is 15.5 Å². The molecule has 1 N–H and O–H groups in total. The van der Waals surface area contributed by atoms with E-state index in [2.05, 4.69) is 22.9 Å². The highest BCUT2D eigenvalue weighted by molar-refractivity contribution is 7.89. The highest BCUT2D eigenvalue weighted by Crippen LogP contribution is 2.28. The minimum Gasteiger partial charge on any atom is -0.497 e. The second kappa shape index (κ2) is 8.17. The summed E-state index contributed by atoms with van der Waals surface area (Å²) in [6.45, 7) is 2.01. The zero-order valence-corrected chi connectivity index (χ0v) is 17.8. The second-order valence-corrected chi connectivity index (χ2v) is 9.41. The summed E-state index contributed by atoms with van der Waals surface area (Å²) in [4.78, 5) is 0.284. The van der Waals surface area contributed by atoms with Gasteiger partial charge in [0, 0.05) is 6.04 Å². The standard InChI is InChI=1S/C24H27NO3S/c1-3-24(21-9-8-17-6-4-5-7-18(17)14-21)25-29(26,27)23-13-11-19-15-22(28-2)12-10-20(19)16-23/h8-16,24-25H,3-7H2,1-2H3. The maximum atomic E-state index is 13.1. The molecule has 0 saturated carbocycles. The molecule has 0 aliphatic heterocycles. The normalized spacial score (nSPS) is 15.1. The highest BCUT2D eigenvalue weighted by atomic mass is 32.2. The van der Waals surface area contributed by atoms with Crippen LogP contribution in [0.2, 0.25) is 0 Å². The van der Waals surface area contributed by atoms with E-state index < -0.39 is 10.0 Å². The van der Waals surface area contributed by atoms with Gasteiger partial charge in [0.2, 0.25) is 10.0 Å². The fourth-order valence-electron chi connectivity index (χ4n) is 4.11. The third kappa shape index (κ3) is 4.16. The molecule has 1 aliphatic rings. The largest absolute Gasteiger partial charge is 0.497 e.